The van der Waals surface area contributed by atoms with Crippen molar-refractivity contribution in [1.82, 2.24) is 0 Å². The Bertz CT molecular complexity index is 250. The lowest BCUT2D eigenvalue weighted by Crippen LogP contribution is -2.27. The van der Waals surface area contributed by atoms with E-state index in [1.54, 1.807) is 20.1 Å². The smallest absolute Gasteiger partial charge is 0.330 e. The molecule has 98 valence electrons. The second-order valence-corrected chi connectivity index (χ2v) is 4.13. The van der Waals surface area contributed by atoms with E-state index in [0.29, 0.717) is 19.3 Å². The predicted octanol–water partition coefficient (Wildman–Crippen LogP) is 2.08. The Morgan fingerprint density at radius 2 is 2.12 bits per heavy atom. The van der Waals surface area contributed by atoms with Gasteiger partial charge in [0, 0.05) is 13.2 Å². The van der Waals surface area contributed by atoms with E-state index in [1.807, 2.05) is 0 Å². The third-order valence-corrected chi connectivity index (χ3v) is 2.88. The molecule has 0 aromatic carbocycles. The first-order valence-corrected chi connectivity index (χ1v) is 6.24. The van der Waals surface area contributed by atoms with E-state index in [9.17, 15) is 4.79 Å². The fourth-order valence-electron chi connectivity index (χ4n) is 1.99. The number of hydrogen-bond acceptors (Lipinski definition) is 4. The van der Waals surface area contributed by atoms with Gasteiger partial charge in [-0.2, -0.15) is 0 Å². The first-order valence-electron chi connectivity index (χ1n) is 6.24. The van der Waals surface area contributed by atoms with Crippen molar-refractivity contribution in [2.75, 3.05) is 20.3 Å². The maximum atomic E-state index is 11.0. The molecule has 0 aromatic rings. The number of carbonyl (C=O) groups is 1. The minimum atomic E-state index is -0.311. The normalized spacial score (nSPS) is 25.1. The van der Waals surface area contributed by atoms with Crippen molar-refractivity contribution >= 4 is 5.97 Å². The first-order chi connectivity index (χ1) is 8.26. The summed E-state index contributed by atoms with van der Waals surface area (Å²) < 4.78 is 15.8. The van der Waals surface area contributed by atoms with E-state index in [-0.39, 0.29) is 12.1 Å². The molecule has 0 aromatic heterocycles. The number of carbonyl (C=O) groups excluding carboxylic acids is 1. The zero-order valence-corrected chi connectivity index (χ0v) is 10.7. The van der Waals surface area contributed by atoms with Gasteiger partial charge in [-0.25, -0.2) is 4.79 Å². The third-order valence-electron chi connectivity index (χ3n) is 2.88. The van der Waals surface area contributed by atoms with Crippen LogP contribution < -0.4 is 0 Å². The van der Waals surface area contributed by atoms with E-state index in [4.69, 9.17) is 14.2 Å². The van der Waals surface area contributed by atoms with Gasteiger partial charge in [0.15, 0.2) is 0 Å². The average Bonchev–Trinajstić information content (AvgIpc) is 2.35. The van der Waals surface area contributed by atoms with Crippen molar-refractivity contribution in [2.45, 2.75) is 44.8 Å². The molecule has 1 aliphatic carbocycles. The molecular weight excluding hydrogens is 220 g/mol. The highest BCUT2D eigenvalue weighted by molar-refractivity contribution is 5.81. The van der Waals surface area contributed by atoms with Crippen molar-refractivity contribution < 1.29 is 19.0 Å². The Kier molecular flexibility index (Phi) is 6.89. The highest BCUT2D eigenvalue weighted by atomic mass is 16.5. The van der Waals surface area contributed by atoms with Gasteiger partial charge in [0.05, 0.1) is 25.4 Å². The van der Waals surface area contributed by atoms with E-state index in [0.717, 1.165) is 25.7 Å². The maximum Gasteiger partial charge on any atom is 0.330 e. The van der Waals surface area contributed by atoms with Crippen LogP contribution in [0.5, 0.6) is 0 Å². The Hall–Kier alpha value is -0.870. The van der Waals surface area contributed by atoms with E-state index in [2.05, 4.69) is 0 Å². The molecule has 17 heavy (non-hydrogen) atoms. The number of rotatable bonds is 6. The molecular formula is C13H22O4. The van der Waals surface area contributed by atoms with Crippen molar-refractivity contribution in [2.24, 2.45) is 0 Å². The van der Waals surface area contributed by atoms with Gasteiger partial charge in [-0.05, 0) is 32.6 Å². The summed E-state index contributed by atoms with van der Waals surface area (Å²) in [5.74, 6) is -0.311. The lowest BCUT2D eigenvalue weighted by atomic mass is 9.95. The minimum Gasteiger partial charge on any atom is -0.463 e. The Labute approximate surface area is 103 Å². The van der Waals surface area contributed by atoms with Crippen LogP contribution in [-0.2, 0) is 19.0 Å². The van der Waals surface area contributed by atoms with Gasteiger partial charge in [-0.1, -0.05) is 6.08 Å². The summed E-state index contributed by atoms with van der Waals surface area (Å²) in [7, 11) is 1.74. The SMILES string of the molecule is CCOC(=O)/C=C/COC1CCCC(OC)C1. The highest BCUT2D eigenvalue weighted by Gasteiger charge is 2.21. The molecule has 0 radical (unpaired) electrons. The molecule has 1 aliphatic rings. The Morgan fingerprint density at radius 3 is 2.82 bits per heavy atom. The summed E-state index contributed by atoms with van der Waals surface area (Å²) in [5.41, 5.74) is 0. The molecule has 0 amide bonds. The van der Waals surface area contributed by atoms with Crippen LogP contribution in [0.2, 0.25) is 0 Å². The van der Waals surface area contributed by atoms with Crippen molar-refractivity contribution in [3.05, 3.63) is 12.2 Å². The minimum absolute atomic E-state index is 0.251. The van der Waals surface area contributed by atoms with Crippen molar-refractivity contribution in [1.29, 1.82) is 0 Å². The summed E-state index contributed by atoms with van der Waals surface area (Å²) in [6.07, 6.45) is 7.98. The largest absolute Gasteiger partial charge is 0.463 e. The van der Waals surface area contributed by atoms with Gasteiger partial charge < -0.3 is 14.2 Å². The van der Waals surface area contributed by atoms with E-state index < -0.39 is 0 Å². The van der Waals surface area contributed by atoms with Gasteiger partial charge in [0.25, 0.3) is 0 Å². The summed E-state index contributed by atoms with van der Waals surface area (Å²) in [6, 6.07) is 0. The molecule has 4 heteroatoms. The predicted molar refractivity (Wildman–Crippen MR) is 64.8 cm³/mol. The first kappa shape index (κ1) is 14.2. The Morgan fingerprint density at radius 1 is 1.35 bits per heavy atom. The molecule has 0 aliphatic heterocycles. The molecule has 1 rings (SSSR count). The molecule has 0 saturated heterocycles. The Balaban J connectivity index is 2.15. The molecule has 2 unspecified atom stereocenters. The molecule has 0 bridgehead atoms. The molecule has 4 nitrogen and oxygen atoms in total. The van der Waals surface area contributed by atoms with Crippen LogP contribution >= 0.6 is 0 Å². The van der Waals surface area contributed by atoms with Gasteiger partial charge in [-0.3, -0.25) is 0 Å². The van der Waals surface area contributed by atoms with Gasteiger partial charge in [0.2, 0.25) is 0 Å². The fraction of sp³-hybridized carbons (Fsp3) is 0.769. The van der Waals surface area contributed by atoms with Crippen LogP contribution in [0.4, 0.5) is 0 Å². The van der Waals surface area contributed by atoms with Crippen LogP contribution in [0.25, 0.3) is 0 Å². The number of ether oxygens (including phenoxy) is 3. The number of methoxy groups -OCH3 is 1. The molecule has 0 heterocycles. The lowest BCUT2D eigenvalue weighted by molar-refractivity contribution is -0.137. The van der Waals surface area contributed by atoms with Gasteiger partial charge in [-0.15, -0.1) is 0 Å². The van der Waals surface area contributed by atoms with Gasteiger partial charge >= 0.3 is 5.97 Å². The second-order valence-electron chi connectivity index (χ2n) is 4.13. The van der Waals surface area contributed by atoms with E-state index >= 15 is 0 Å². The van der Waals surface area contributed by atoms with Crippen LogP contribution in [0.3, 0.4) is 0 Å². The molecule has 1 fully saturated rings. The average molecular weight is 242 g/mol. The third kappa shape index (κ3) is 5.84. The van der Waals surface area contributed by atoms with E-state index in [1.165, 1.54) is 6.08 Å². The summed E-state index contributed by atoms with van der Waals surface area (Å²) >= 11 is 0. The molecule has 2 atom stereocenters. The molecule has 1 saturated carbocycles. The zero-order chi connectivity index (χ0) is 12.5. The number of esters is 1. The van der Waals surface area contributed by atoms with Crippen molar-refractivity contribution in [3.63, 3.8) is 0 Å². The van der Waals surface area contributed by atoms with Gasteiger partial charge in [0.1, 0.15) is 0 Å². The fourth-order valence-corrected chi connectivity index (χ4v) is 1.99. The van der Waals surface area contributed by atoms with Crippen LogP contribution in [0.1, 0.15) is 32.6 Å². The van der Waals surface area contributed by atoms with Crippen molar-refractivity contribution in [3.8, 4) is 0 Å². The molecule has 0 N–H and O–H groups in total. The standard InChI is InChI=1S/C13H22O4/c1-3-16-13(14)8-5-9-17-12-7-4-6-11(10-12)15-2/h5,8,11-12H,3-4,6-7,9-10H2,1-2H3/b8-5+. The van der Waals surface area contributed by atoms with Crippen LogP contribution in [0, 0.1) is 0 Å². The maximum absolute atomic E-state index is 11.0. The number of hydrogen-bond donors (Lipinski definition) is 0. The summed E-state index contributed by atoms with van der Waals surface area (Å²) in [4.78, 5) is 11.0. The van der Waals surface area contributed by atoms with Crippen LogP contribution in [0.15, 0.2) is 12.2 Å². The summed E-state index contributed by atoms with van der Waals surface area (Å²) in [6.45, 7) is 2.65. The van der Waals surface area contributed by atoms with Crippen LogP contribution in [-0.4, -0.2) is 38.5 Å². The highest BCUT2D eigenvalue weighted by Crippen LogP contribution is 2.22. The topological polar surface area (TPSA) is 44.8 Å². The zero-order valence-electron chi connectivity index (χ0n) is 10.7. The quantitative estimate of drug-likeness (QED) is 0.528. The second kappa shape index (κ2) is 8.25. The monoisotopic (exact) mass is 242 g/mol. The molecule has 0 spiro atoms. The lowest BCUT2D eigenvalue weighted by Gasteiger charge is -2.27. The summed E-state index contributed by atoms with van der Waals surface area (Å²) in [5, 5.41) is 0.